The molecule has 4 rings (SSSR count). The van der Waals surface area contributed by atoms with Gasteiger partial charge in [-0.05, 0) is 49.9 Å². The molecule has 1 N–H and O–H groups in total. The molecule has 5 heteroatoms. The zero-order valence-electron chi connectivity index (χ0n) is 15.1. The number of aryl methyl sites for hydroxylation is 1. The van der Waals surface area contributed by atoms with Gasteiger partial charge in [-0.2, -0.15) is 0 Å². The van der Waals surface area contributed by atoms with Gasteiger partial charge in [0.2, 0.25) is 5.91 Å². The van der Waals surface area contributed by atoms with E-state index in [1.165, 1.54) is 18.9 Å². The van der Waals surface area contributed by atoms with Crippen molar-refractivity contribution in [2.45, 2.75) is 56.7 Å². The molecule has 2 atom stereocenters. The maximum absolute atomic E-state index is 13.9. The minimum Gasteiger partial charge on any atom is -0.461 e. The fourth-order valence-electron chi connectivity index (χ4n) is 4.27. The van der Waals surface area contributed by atoms with Crippen LogP contribution in [0.4, 0.5) is 4.39 Å². The molecule has 2 aliphatic heterocycles. The van der Waals surface area contributed by atoms with Gasteiger partial charge in [0.05, 0.1) is 5.56 Å². The van der Waals surface area contributed by atoms with E-state index in [4.69, 9.17) is 4.42 Å². The summed E-state index contributed by atoms with van der Waals surface area (Å²) in [5, 5.41) is 3.61. The number of carbonyl (C=O) groups is 1. The molecule has 1 aromatic carbocycles. The molecule has 138 valence electrons. The van der Waals surface area contributed by atoms with Crippen molar-refractivity contribution in [1.29, 1.82) is 0 Å². The number of piperidine rings is 1. The molecule has 2 bridgehead atoms. The van der Waals surface area contributed by atoms with Gasteiger partial charge in [0, 0.05) is 38.0 Å². The zero-order valence-corrected chi connectivity index (χ0v) is 15.1. The molecular weight excluding hydrogens is 331 g/mol. The molecule has 3 heterocycles. The fraction of sp³-hybridized carbons (Fsp3) is 0.476. The lowest BCUT2D eigenvalue weighted by Gasteiger charge is -2.35. The smallest absolute Gasteiger partial charge is 0.223 e. The van der Waals surface area contributed by atoms with Crippen molar-refractivity contribution < 1.29 is 13.6 Å². The summed E-state index contributed by atoms with van der Waals surface area (Å²) in [4.78, 5) is 14.5. The standard InChI is InChI=1S/C21H25FN2O2/c1-24(16-12-14-6-7-15(13-16)23-14)21(25)11-9-17-8-10-20(26-17)18-4-2-3-5-19(18)22/h2-5,8,10,14-16,23H,6-7,9,11-13H2,1H3. The third kappa shape index (κ3) is 3.54. The SMILES string of the molecule is CN(C(=O)CCc1ccc(-c2ccccc2F)o1)C1CC2CCC(C1)N2. The number of halogens is 1. The number of carbonyl (C=O) groups excluding carboxylic acids is 1. The first-order valence-corrected chi connectivity index (χ1v) is 9.45. The van der Waals surface area contributed by atoms with E-state index in [1.807, 2.05) is 18.0 Å². The van der Waals surface area contributed by atoms with Crippen LogP contribution in [0.15, 0.2) is 40.8 Å². The molecular formula is C21H25FN2O2. The number of hydrogen-bond acceptors (Lipinski definition) is 3. The first kappa shape index (κ1) is 17.3. The van der Waals surface area contributed by atoms with Gasteiger partial charge in [0.15, 0.2) is 0 Å². The third-order valence-corrected chi connectivity index (χ3v) is 5.78. The van der Waals surface area contributed by atoms with E-state index in [0.29, 0.717) is 42.3 Å². The maximum atomic E-state index is 13.9. The van der Waals surface area contributed by atoms with E-state index in [1.54, 1.807) is 24.3 Å². The highest BCUT2D eigenvalue weighted by Crippen LogP contribution is 2.30. The zero-order chi connectivity index (χ0) is 18.1. The Kier molecular flexibility index (Phi) is 4.81. The number of benzene rings is 1. The second-order valence-electron chi connectivity index (χ2n) is 7.51. The Hall–Kier alpha value is -2.14. The molecule has 4 nitrogen and oxygen atoms in total. The minimum absolute atomic E-state index is 0.153. The second-order valence-corrected chi connectivity index (χ2v) is 7.51. The average Bonchev–Trinajstić information content (AvgIpc) is 3.25. The number of amides is 1. The minimum atomic E-state index is -0.301. The van der Waals surface area contributed by atoms with E-state index in [-0.39, 0.29) is 11.7 Å². The third-order valence-electron chi connectivity index (χ3n) is 5.78. The predicted molar refractivity (Wildman–Crippen MR) is 98.2 cm³/mol. The summed E-state index contributed by atoms with van der Waals surface area (Å²) in [6.45, 7) is 0. The van der Waals surface area contributed by atoms with Crippen LogP contribution in [0.1, 0.15) is 37.9 Å². The van der Waals surface area contributed by atoms with Crippen LogP contribution in [0, 0.1) is 5.82 Å². The van der Waals surface area contributed by atoms with Crippen LogP contribution >= 0.6 is 0 Å². The number of nitrogens with zero attached hydrogens (tertiary/aromatic N) is 1. The van der Waals surface area contributed by atoms with Gasteiger partial charge in [-0.3, -0.25) is 4.79 Å². The Morgan fingerprint density at radius 2 is 1.92 bits per heavy atom. The summed E-state index contributed by atoms with van der Waals surface area (Å²) < 4.78 is 19.6. The van der Waals surface area contributed by atoms with E-state index in [0.717, 1.165) is 18.6 Å². The Bertz CT molecular complexity index is 776. The van der Waals surface area contributed by atoms with E-state index in [9.17, 15) is 9.18 Å². The highest BCUT2D eigenvalue weighted by Gasteiger charge is 2.36. The summed E-state index contributed by atoms with van der Waals surface area (Å²) in [5.74, 6) is 1.08. The quantitative estimate of drug-likeness (QED) is 0.887. The molecule has 1 aromatic heterocycles. The second kappa shape index (κ2) is 7.23. The Morgan fingerprint density at radius 1 is 1.19 bits per heavy atom. The van der Waals surface area contributed by atoms with Crippen molar-refractivity contribution in [3.8, 4) is 11.3 Å². The largest absolute Gasteiger partial charge is 0.461 e. The first-order chi connectivity index (χ1) is 12.6. The molecule has 0 saturated carbocycles. The van der Waals surface area contributed by atoms with Crippen molar-refractivity contribution in [3.63, 3.8) is 0 Å². The van der Waals surface area contributed by atoms with Crippen molar-refractivity contribution >= 4 is 5.91 Å². The van der Waals surface area contributed by atoms with Crippen molar-refractivity contribution in [1.82, 2.24) is 10.2 Å². The van der Waals surface area contributed by atoms with Crippen LogP contribution in [0.5, 0.6) is 0 Å². The van der Waals surface area contributed by atoms with Gasteiger partial charge in [-0.1, -0.05) is 12.1 Å². The predicted octanol–water partition coefficient (Wildman–Crippen LogP) is 3.76. The van der Waals surface area contributed by atoms with Crippen LogP contribution in [-0.2, 0) is 11.2 Å². The monoisotopic (exact) mass is 356 g/mol. The summed E-state index contributed by atoms with van der Waals surface area (Å²) in [7, 11) is 1.92. The topological polar surface area (TPSA) is 45.5 Å². The number of fused-ring (bicyclic) bond motifs is 2. The molecule has 26 heavy (non-hydrogen) atoms. The van der Waals surface area contributed by atoms with Crippen molar-refractivity contribution in [2.75, 3.05) is 7.05 Å². The number of hydrogen-bond donors (Lipinski definition) is 1. The van der Waals surface area contributed by atoms with Gasteiger partial charge < -0.3 is 14.6 Å². The molecule has 2 aliphatic rings. The number of rotatable bonds is 5. The van der Waals surface area contributed by atoms with Crippen molar-refractivity contribution in [3.05, 3.63) is 48.0 Å². The van der Waals surface area contributed by atoms with Crippen molar-refractivity contribution in [2.24, 2.45) is 0 Å². The highest BCUT2D eigenvalue weighted by molar-refractivity contribution is 5.76. The van der Waals surface area contributed by atoms with Crippen LogP contribution < -0.4 is 5.32 Å². The molecule has 2 saturated heterocycles. The highest BCUT2D eigenvalue weighted by atomic mass is 19.1. The van der Waals surface area contributed by atoms with E-state index >= 15 is 0 Å². The molecule has 2 fully saturated rings. The lowest BCUT2D eigenvalue weighted by Crippen LogP contribution is -2.48. The first-order valence-electron chi connectivity index (χ1n) is 9.45. The summed E-state index contributed by atoms with van der Waals surface area (Å²) in [6, 6.07) is 11.6. The van der Waals surface area contributed by atoms with Crippen LogP contribution in [-0.4, -0.2) is 36.0 Å². The van der Waals surface area contributed by atoms with E-state index < -0.39 is 0 Å². The molecule has 0 aliphatic carbocycles. The average molecular weight is 356 g/mol. The summed E-state index contributed by atoms with van der Waals surface area (Å²) in [6.07, 6.45) is 5.52. The van der Waals surface area contributed by atoms with Gasteiger partial charge in [-0.15, -0.1) is 0 Å². The molecule has 2 aromatic rings. The van der Waals surface area contributed by atoms with Gasteiger partial charge in [-0.25, -0.2) is 4.39 Å². The van der Waals surface area contributed by atoms with Crippen LogP contribution in [0.3, 0.4) is 0 Å². The Balaban J connectivity index is 1.34. The lowest BCUT2D eigenvalue weighted by molar-refractivity contribution is -0.132. The van der Waals surface area contributed by atoms with Gasteiger partial charge in [0.1, 0.15) is 17.3 Å². The van der Waals surface area contributed by atoms with Crippen LogP contribution in [0.2, 0.25) is 0 Å². The number of nitrogens with one attached hydrogen (secondary N) is 1. The van der Waals surface area contributed by atoms with Gasteiger partial charge in [0.25, 0.3) is 0 Å². The molecule has 1 amide bonds. The van der Waals surface area contributed by atoms with E-state index in [2.05, 4.69) is 5.32 Å². The Labute approximate surface area is 153 Å². The molecule has 0 radical (unpaired) electrons. The summed E-state index contributed by atoms with van der Waals surface area (Å²) >= 11 is 0. The van der Waals surface area contributed by atoms with Crippen LogP contribution in [0.25, 0.3) is 11.3 Å². The Morgan fingerprint density at radius 3 is 2.65 bits per heavy atom. The van der Waals surface area contributed by atoms with Gasteiger partial charge >= 0.3 is 0 Å². The number of furan rings is 1. The fourth-order valence-corrected chi connectivity index (χ4v) is 4.27. The molecule has 0 spiro atoms. The summed E-state index contributed by atoms with van der Waals surface area (Å²) in [5.41, 5.74) is 0.451. The maximum Gasteiger partial charge on any atom is 0.223 e. The molecule has 2 unspecified atom stereocenters. The normalized spacial score (nSPS) is 24.6. The lowest BCUT2D eigenvalue weighted by atomic mass is 9.98.